The Morgan fingerprint density at radius 2 is 1.33 bits per heavy atom. The van der Waals surface area contributed by atoms with Crippen LogP contribution in [0.3, 0.4) is 0 Å². The number of amides is 2. The Balaban J connectivity index is 1.52. The van der Waals surface area contributed by atoms with Crippen molar-refractivity contribution in [2.24, 2.45) is 10.2 Å². The van der Waals surface area contributed by atoms with Crippen LogP contribution in [0.4, 0.5) is 22.7 Å². The van der Waals surface area contributed by atoms with Gasteiger partial charge in [-0.25, -0.2) is 0 Å². The van der Waals surface area contributed by atoms with Crippen LogP contribution in [0, 0.1) is 13.8 Å². The minimum atomic E-state index is -0.392. The summed E-state index contributed by atoms with van der Waals surface area (Å²) in [7, 11) is 0. The first-order valence-electron chi connectivity index (χ1n) is 11.2. The highest BCUT2D eigenvalue weighted by Crippen LogP contribution is 2.30. The van der Waals surface area contributed by atoms with E-state index < -0.39 is 5.91 Å². The van der Waals surface area contributed by atoms with Crippen molar-refractivity contribution in [3.05, 3.63) is 108 Å². The van der Waals surface area contributed by atoms with Gasteiger partial charge in [-0.05, 0) is 80.6 Å². The van der Waals surface area contributed by atoms with Gasteiger partial charge in [-0.15, -0.1) is 5.11 Å². The molecule has 2 heterocycles. The minimum Gasteiger partial charge on any atom is -0.462 e. The van der Waals surface area contributed by atoms with E-state index in [-0.39, 0.29) is 5.91 Å². The lowest BCUT2D eigenvalue weighted by Crippen LogP contribution is -2.10. The predicted molar refractivity (Wildman–Crippen MR) is 139 cm³/mol. The fourth-order valence-corrected chi connectivity index (χ4v) is 3.17. The number of azo groups is 1. The molecule has 0 atom stereocenters. The van der Waals surface area contributed by atoms with E-state index in [9.17, 15) is 9.59 Å². The third kappa shape index (κ3) is 7.01. The SMILES string of the molecule is Cc1ccc(C=CC(=O)Nc2ccc(N=Nc3ccccc3)c(NC(=O)C=Cc3ccc(C)o3)c2)o1. The molecular weight excluding hydrogens is 456 g/mol. The summed E-state index contributed by atoms with van der Waals surface area (Å²) in [5.74, 6) is 1.90. The maximum atomic E-state index is 12.6. The largest absolute Gasteiger partial charge is 0.462 e. The number of nitrogens with one attached hydrogen (secondary N) is 2. The summed E-state index contributed by atoms with van der Waals surface area (Å²) in [6.45, 7) is 3.65. The molecule has 0 saturated heterocycles. The molecule has 0 aliphatic carbocycles. The van der Waals surface area contributed by atoms with Crippen LogP contribution in [-0.2, 0) is 9.59 Å². The number of anilines is 2. The van der Waals surface area contributed by atoms with Gasteiger partial charge >= 0.3 is 0 Å². The molecule has 8 nitrogen and oxygen atoms in total. The molecule has 0 fully saturated rings. The lowest BCUT2D eigenvalue weighted by Gasteiger charge is -2.09. The smallest absolute Gasteiger partial charge is 0.248 e. The van der Waals surface area contributed by atoms with Crippen LogP contribution >= 0.6 is 0 Å². The normalized spacial score (nSPS) is 11.5. The lowest BCUT2D eigenvalue weighted by atomic mass is 10.2. The summed E-state index contributed by atoms with van der Waals surface area (Å²) < 4.78 is 10.9. The molecule has 4 rings (SSSR count). The molecule has 4 aromatic rings. The molecule has 2 aromatic carbocycles. The van der Waals surface area contributed by atoms with E-state index >= 15 is 0 Å². The number of hydrogen-bond acceptors (Lipinski definition) is 6. The zero-order chi connectivity index (χ0) is 25.3. The number of furan rings is 2. The number of rotatable bonds is 8. The molecule has 2 amide bonds. The van der Waals surface area contributed by atoms with Crippen LogP contribution < -0.4 is 10.6 Å². The van der Waals surface area contributed by atoms with Crippen LogP contribution in [-0.4, -0.2) is 11.8 Å². The molecular formula is C28H24N4O4. The van der Waals surface area contributed by atoms with Crippen LogP contribution in [0.25, 0.3) is 12.2 Å². The fourth-order valence-electron chi connectivity index (χ4n) is 3.17. The molecule has 0 aliphatic rings. The van der Waals surface area contributed by atoms with E-state index in [1.165, 1.54) is 12.2 Å². The fraction of sp³-hybridized carbons (Fsp3) is 0.0714. The second-order valence-electron chi connectivity index (χ2n) is 7.81. The molecule has 0 aliphatic heterocycles. The van der Waals surface area contributed by atoms with E-state index in [1.807, 2.05) is 56.3 Å². The number of carbonyl (C=O) groups excluding carboxylic acids is 2. The Morgan fingerprint density at radius 1 is 0.722 bits per heavy atom. The summed E-state index contributed by atoms with van der Waals surface area (Å²) in [6.07, 6.45) is 5.87. The molecule has 36 heavy (non-hydrogen) atoms. The summed E-state index contributed by atoms with van der Waals surface area (Å²) in [4.78, 5) is 25.0. The summed E-state index contributed by atoms with van der Waals surface area (Å²) in [5, 5.41) is 14.1. The first kappa shape index (κ1) is 24.2. The van der Waals surface area contributed by atoms with E-state index in [1.54, 1.807) is 42.5 Å². The van der Waals surface area contributed by atoms with Crippen LogP contribution in [0.15, 0.2) is 104 Å². The van der Waals surface area contributed by atoms with Crippen molar-refractivity contribution in [3.63, 3.8) is 0 Å². The molecule has 0 saturated carbocycles. The van der Waals surface area contributed by atoms with Crippen LogP contribution in [0.2, 0.25) is 0 Å². The zero-order valence-corrected chi connectivity index (χ0v) is 19.8. The highest BCUT2D eigenvalue weighted by atomic mass is 16.3. The monoisotopic (exact) mass is 480 g/mol. The summed E-state index contributed by atoms with van der Waals surface area (Å²) >= 11 is 0. The average Bonchev–Trinajstić information content (AvgIpc) is 3.49. The summed E-state index contributed by atoms with van der Waals surface area (Å²) in [6, 6.07) is 21.4. The van der Waals surface area contributed by atoms with Crippen molar-refractivity contribution in [3.8, 4) is 0 Å². The molecule has 8 heteroatoms. The van der Waals surface area contributed by atoms with Gasteiger partial charge in [0.2, 0.25) is 11.8 Å². The van der Waals surface area contributed by atoms with Gasteiger partial charge in [0.1, 0.15) is 28.7 Å². The molecule has 0 bridgehead atoms. The van der Waals surface area contributed by atoms with Gasteiger partial charge < -0.3 is 19.5 Å². The van der Waals surface area contributed by atoms with Crippen molar-refractivity contribution in [1.82, 2.24) is 0 Å². The maximum Gasteiger partial charge on any atom is 0.248 e. The van der Waals surface area contributed by atoms with Gasteiger partial charge in [0, 0.05) is 17.8 Å². The second-order valence-corrected chi connectivity index (χ2v) is 7.81. The number of aryl methyl sites for hydroxylation is 2. The second kappa shape index (κ2) is 11.4. The minimum absolute atomic E-state index is 0.354. The Morgan fingerprint density at radius 3 is 1.92 bits per heavy atom. The third-order valence-electron chi connectivity index (χ3n) is 4.87. The van der Waals surface area contributed by atoms with Gasteiger partial charge in [0.15, 0.2) is 0 Å². The predicted octanol–water partition coefficient (Wildman–Crippen LogP) is 7.21. The number of carbonyl (C=O) groups is 2. The summed E-state index contributed by atoms with van der Waals surface area (Å²) in [5.41, 5.74) is 1.94. The molecule has 2 N–H and O–H groups in total. The van der Waals surface area contributed by atoms with E-state index in [0.717, 1.165) is 11.5 Å². The molecule has 0 spiro atoms. The molecule has 180 valence electrons. The Kier molecular flexibility index (Phi) is 7.67. The maximum absolute atomic E-state index is 12.6. The standard InChI is InChI=1S/C28H24N4O4/c1-19-8-11-23(35-19)13-16-27(33)29-22-10-15-25(32-31-21-6-4-3-5-7-21)26(18-22)30-28(34)17-14-24-12-9-20(2)36-24/h3-18H,1-2H3,(H,29,33)(H,30,34). The van der Waals surface area contributed by atoms with Gasteiger partial charge in [0.05, 0.1) is 11.4 Å². The average molecular weight is 481 g/mol. The lowest BCUT2D eigenvalue weighted by molar-refractivity contribution is -0.112. The van der Waals surface area contributed by atoms with Crippen molar-refractivity contribution in [2.75, 3.05) is 10.6 Å². The molecule has 2 aromatic heterocycles. The van der Waals surface area contributed by atoms with Crippen LogP contribution in [0.5, 0.6) is 0 Å². The topological polar surface area (TPSA) is 109 Å². The van der Waals surface area contributed by atoms with Gasteiger partial charge in [-0.2, -0.15) is 5.11 Å². The first-order valence-corrected chi connectivity index (χ1v) is 11.2. The quantitative estimate of drug-likeness (QED) is 0.205. The van der Waals surface area contributed by atoms with Gasteiger partial charge in [0.25, 0.3) is 0 Å². The van der Waals surface area contributed by atoms with Crippen molar-refractivity contribution in [1.29, 1.82) is 0 Å². The number of hydrogen-bond donors (Lipinski definition) is 2. The third-order valence-corrected chi connectivity index (χ3v) is 4.87. The van der Waals surface area contributed by atoms with Crippen molar-refractivity contribution in [2.45, 2.75) is 13.8 Å². The zero-order valence-electron chi connectivity index (χ0n) is 19.8. The van der Waals surface area contributed by atoms with Crippen molar-refractivity contribution >= 4 is 46.7 Å². The highest BCUT2D eigenvalue weighted by Gasteiger charge is 2.09. The Bertz CT molecular complexity index is 1450. The van der Waals surface area contributed by atoms with Crippen molar-refractivity contribution < 1.29 is 18.4 Å². The van der Waals surface area contributed by atoms with E-state index in [4.69, 9.17) is 8.83 Å². The first-order chi connectivity index (χ1) is 17.4. The van der Waals surface area contributed by atoms with Gasteiger partial charge in [-0.3, -0.25) is 9.59 Å². The van der Waals surface area contributed by atoms with Crippen LogP contribution in [0.1, 0.15) is 23.0 Å². The Hall–Kier alpha value is -4.98. The van der Waals surface area contributed by atoms with Gasteiger partial charge in [-0.1, -0.05) is 18.2 Å². The highest BCUT2D eigenvalue weighted by molar-refractivity contribution is 6.05. The number of nitrogens with zero attached hydrogens (tertiary/aromatic N) is 2. The molecule has 0 radical (unpaired) electrons. The molecule has 0 unspecified atom stereocenters. The van der Waals surface area contributed by atoms with E-state index in [2.05, 4.69) is 20.9 Å². The number of benzene rings is 2. The van der Waals surface area contributed by atoms with E-state index in [0.29, 0.717) is 34.3 Å². The Labute approximate surface area is 208 Å².